The van der Waals surface area contributed by atoms with Gasteiger partial charge in [0.2, 0.25) is 5.91 Å². The van der Waals surface area contributed by atoms with Crippen LogP contribution in [0.1, 0.15) is 12.0 Å². The summed E-state index contributed by atoms with van der Waals surface area (Å²) in [6.07, 6.45) is -4.50. The second-order valence-corrected chi connectivity index (χ2v) is 4.47. The molecule has 104 valence electrons. The molecule has 1 amide bonds. The highest BCUT2D eigenvalue weighted by Gasteiger charge is 2.35. The van der Waals surface area contributed by atoms with E-state index in [2.05, 4.69) is 0 Å². The summed E-state index contributed by atoms with van der Waals surface area (Å²) in [7, 11) is 0. The van der Waals surface area contributed by atoms with Crippen LogP contribution in [0.4, 0.5) is 23.2 Å². The molecular formula is C12H12F4N2O. The van der Waals surface area contributed by atoms with Crippen molar-refractivity contribution in [3.05, 3.63) is 29.6 Å². The SMILES string of the molecule is NCC1CC(=O)N(c2ccc(C(F)(F)F)c(F)c2)C1. The topological polar surface area (TPSA) is 46.3 Å². The summed E-state index contributed by atoms with van der Waals surface area (Å²) in [6, 6.07) is 2.48. The van der Waals surface area contributed by atoms with Crippen molar-refractivity contribution in [2.45, 2.75) is 12.6 Å². The number of anilines is 1. The number of nitrogens with zero attached hydrogens (tertiary/aromatic N) is 1. The van der Waals surface area contributed by atoms with Crippen LogP contribution in [-0.2, 0) is 11.0 Å². The van der Waals surface area contributed by atoms with Gasteiger partial charge in [0.15, 0.2) is 0 Å². The van der Waals surface area contributed by atoms with E-state index in [1.165, 1.54) is 4.90 Å². The quantitative estimate of drug-likeness (QED) is 0.841. The maximum atomic E-state index is 13.4. The van der Waals surface area contributed by atoms with Crippen molar-refractivity contribution in [1.29, 1.82) is 0 Å². The third-order valence-corrected chi connectivity index (χ3v) is 3.11. The maximum Gasteiger partial charge on any atom is 0.419 e. The second kappa shape index (κ2) is 4.80. The Bertz CT molecular complexity index is 501. The van der Waals surface area contributed by atoms with E-state index in [4.69, 9.17) is 5.73 Å². The lowest BCUT2D eigenvalue weighted by atomic mass is 10.1. The van der Waals surface area contributed by atoms with E-state index in [-0.39, 0.29) is 23.9 Å². The van der Waals surface area contributed by atoms with Crippen LogP contribution >= 0.6 is 0 Å². The summed E-state index contributed by atoms with van der Waals surface area (Å²) in [4.78, 5) is 12.9. The van der Waals surface area contributed by atoms with E-state index in [0.717, 1.165) is 12.1 Å². The minimum atomic E-state index is -4.74. The van der Waals surface area contributed by atoms with Crippen LogP contribution in [0.5, 0.6) is 0 Å². The monoisotopic (exact) mass is 276 g/mol. The summed E-state index contributed by atoms with van der Waals surface area (Å²) in [6.45, 7) is 0.617. The first-order valence-corrected chi connectivity index (χ1v) is 5.70. The van der Waals surface area contributed by atoms with Crippen molar-refractivity contribution in [3.63, 3.8) is 0 Å². The van der Waals surface area contributed by atoms with Crippen LogP contribution in [0.3, 0.4) is 0 Å². The Morgan fingerprint density at radius 2 is 2.05 bits per heavy atom. The van der Waals surface area contributed by atoms with Crippen LogP contribution in [0.15, 0.2) is 18.2 Å². The fourth-order valence-electron chi connectivity index (χ4n) is 2.09. The van der Waals surface area contributed by atoms with Gasteiger partial charge in [-0.05, 0) is 30.7 Å². The molecule has 1 atom stereocenters. The molecule has 1 aliphatic rings. The number of rotatable bonds is 2. The lowest BCUT2D eigenvalue weighted by Crippen LogP contribution is -2.26. The maximum absolute atomic E-state index is 13.4. The number of carbonyl (C=O) groups is 1. The molecule has 1 aromatic carbocycles. The highest BCUT2D eigenvalue weighted by molar-refractivity contribution is 5.95. The Kier molecular flexibility index (Phi) is 3.49. The Morgan fingerprint density at radius 3 is 2.53 bits per heavy atom. The van der Waals surface area contributed by atoms with Gasteiger partial charge in [-0.15, -0.1) is 0 Å². The number of carbonyl (C=O) groups excluding carboxylic acids is 1. The molecule has 1 aliphatic heterocycles. The van der Waals surface area contributed by atoms with Gasteiger partial charge in [-0.25, -0.2) is 4.39 Å². The van der Waals surface area contributed by atoms with Crippen LogP contribution in [0.2, 0.25) is 0 Å². The van der Waals surface area contributed by atoms with Gasteiger partial charge in [0.25, 0.3) is 0 Å². The number of nitrogens with two attached hydrogens (primary N) is 1. The summed E-state index contributed by atoms with van der Waals surface area (Å²) < 4.78 is 50.7. The lowest BCUT2D eigenvalue weighted by molar-refractivity contribution is -0.139. The Hall–Kier alpha value is -1.63. The zero-order valence-electron chi connectivity index (χ0n) is 9.88. The predicted molar refractivity (Wildman–Crippen MR) is 60.9 cm³/mol. The highest BCUT2D eigenvalue weighted by atomic mass is 19.4. The molecule has 0 radical (unpaired) electrons. The van der Waals surface area contributed by atoms with E-state index in [1.807, 2.05) is 0 Å². The molecule has 3 nitrogen and oxygen atoms in total. The minimum Gasteiger partial charge on any atom is -0.330 e. The molecule has 1 fully saturated rings. The Balaban J connectivity index is 2.28. The molecule has 0 aromatic heterocycles. The van der Waals surface area contributed by atoms with Crippen molar-refractivity contribution < 1.29 is 22.4 Å². The van der Waals surface area contributed by atoms with E-state index < -0.39 is 17.6 Å². The molecule has 2 N–H and O–H groups in total. The summed E-state index contributed by atoms with van der Waals surface area (Å²) in [5.41, 5.74) is 4.24. The van der Waals surface area contributed by atoms with Gasteiger partial charge in [-0.1, -0.05) is 0 Å². The van der Waals surface area contributed by atoms with Crippen molar-refractivity contribution in [2.24, 2.45) is 11.7 Å². The van der Waals surface area contributed by atoms with Crippen LogP contribution in [-0.4, -0.2) is 19.0 Å². The summed E-state index contributed by atoms with van der Waals surface area (Å²) in [5.74, 6) is -1.68. The molecule has 7 heteroatoms. The first-order valence-electron chi connectivity index (χ1n) is 5.70. The van der Waals surface area contributed by atoms with Crippen LogP contribution in [0.25, 0.3) is 0 Å². The normalized spacial score (nSPS) is 20.2. The standard InChI is InChI=1S/C12H12F4N2O/c13-10-4-8(1-2-9(10)12(14,15)16)18-6-7(5-17)3-11(18)19/h1-2,4,7H,3,5-6,17H2. The molecular weight excluding hydrogens is 264 g/mol. The predicted octanol–water partition coefficient (Wildman–Crippen LogP) is 2.16. The fraction of sp³-hybridized carbons (Fsp3) is 0.417. The lowest BCUT2D eigenvalue weighted by Gasteiger charge is -2.18. The first kappa shape index (κ1) is 13.8. The zero-order valence-corrected chi connectivity index (χ0v) is 9.88. The number of benzene rings is 1. The first-order chi connectivity index (χ1) is 8.82. The second-order valence-electron chi connectivity index (χ2n) is 4.47. The Morgan fingerprint density at radius 1 is 1.37 bits per heavy atom. The molecule has 1 saturated heterocycles. The van der Waals surface area contributed by atoms with Crippen LogP contribution < -0.4 is 10.6 Å². The van der Waals surface area contributed by atoms with Crippen molar-refractivity contribution in [3.8, 4) is 0 Å². The fourth-order valence-corrected chi connectivity index (χ4v) is 2.09. The summed E-state index contributed by atoms with van der Waals surface area (Å²) >= 11 is 0. The molecule has 0 spiro atoms. The molecule has 1 heterocycles. The van der Waals surface area contributed by atoms with Crippen molar-refractivity contribution in [2.75, 3.05) is 18.0 Å². The highest BCUT2D eigenvalue weighted by Crippen LogP contribution is 2.34. The van der Waals surface area contributed by atoms with Crippen LogP contribution in [0, 0.1) is 11.7 Å². The summed E-state index contributed by atoms with van der Waals surface area (Å²) in [5, 5.41) is 0. The van der Waals surface area contributed by atoms with Gasteiger partial charge in [0.05, 0.1) is 5.56 Å². The zero-order chi connectivity index (χ0) is 14.2. The number of alkyl halides is 3. The third kappa shape index (κ3) is 2.70. The molecule has 2 rings (SSSR count). The smallest absolute Gasteiger partial charge is 0.330 e. The number of amides is 1. The number of hydrogen-bond donors (Lipinski definition) is 1. The number of hydrogen-bond acceptors (Lipinski definition) is 2. The molecule has 0 bridgehead atoms. The van der Waals surface area contributed by atoms with E-state index in [9.17, 15) is 22.4 Å². The average Bonchev–Trinajstić information content (AvgIpc) is 2.68. The van der Waals surface area contributed by atoms with Crippen molar-refractivity contribution >= 4 is 11.6 Å². The van der Waals surface area contributed by atoms with Gasteiger partial charge in [-0.2, -0.15) is 13.2 Å². The third-order valence-electron chi connectivity index (χ3n) is 3.11. The number of halogens is 4. The van der Waals surface area contributed by atoms with Gasteiger partial charge >= 0.3 is 6.18 Å². The average molecular weight is 276 g/mol. The van der Waals surface area contributed by atoms with Gasteiger partial charge < -0.3 is 10.6 Å². The van der Waals surface area contributed by atoms with Crippen molar-refractivity contribution in [1.82, 2.24) is 0 Å². The molecule has 0 aliphatic carbocycles. The molecule has 19 heavy (non-hydrogen) atoms. The van der Waals surface area contributed by atoms with E-state index >= 15 is 0 Å². The van der Waals surface area contributed by atoms with Gasteiger partial charge in [-0.3, -0.25) is 4.79 Å². The van der Waals surface area contributed by atoms with Gasteiger partial charge in [0, 0.05) is 18.7 Å². The van der Waals surface area contributed by atoms with E-state index in [0.29, 0.717) is 19.2 Å². The largest absolute Gasteiger partial charge is 0.419 e. The Labute approximate surface area is 107 Å². The molecule has 1 unspecified atom stereocenters. The van der Waals surface area contributed by atoms with E-state index in [1.54, 1.807) is 0 Å². The minimum absolute atomic E-state index is 0.0437. The molecule has 1 aromatic rings. The van der Waals surface area contributed by atoms with Gasteiger partial charge in [0.1, 0.15) is 5.82 Å². The molecule has 0 saturated carbocycles.